The zero-order chi connectivity index (χ0) is 13.0. The van der Waals surface area contributed by atoms with Crippen LogP contribution in [0.15, 0.2) is 54.6 Å². The van der Waals surface area contributed by atoms with Crippen molar-refractivity contribution >= 4 is 23.5 Å². The quantitative estimate of drug-likeness (QED) is 0.582. The van der Waals surface area contributed by atoms with Crippen molar-refractivity contribution in [3.63, 3.8) is 0 Å². The minimum absolute atomic E-state index is 0.0167. The molecule has 0 radical (unpaired) electrons. The van der Waals surface area contributed by atoms with Crippen LogP contribution in [-0.2, 0) is 0 Å². The normalized spacial score (nSPS) is 10.8. The van der Waals surface area contributed by atoms with Crippen LogP contribution in [0.1, 0.15) is 21.5 Å². The van der Waals surface area contributed by atoms with Crippen LogP contribution in [-0.4, -0.2) is 5.78 Å². The summed E-state index contributed by atoms with van der Waals surface area (Å²) in [5.41, 5.74) is 2.69. The van der Waals surface area contributed by atoms with Gasteiger partial charge in [-0.1, -0.05) is 54.1 Å². The van der Waals surface area contributed by atoms with E-state index in [4.69, 9.17) is 11.6 Å². The highest BCUT2D eigenvalue weighted by Gasteiger charge is 2.03. The number of hydrogen-bond donors (Lipinski definition) is 0. The Morgan fingerprint density at radius 2 is 1.72 bits per heavy atom. The molecular weight excluding hydrogens is 244 g/mol. The molecule has 2 aromatic rings. The third kappa shape index (κ3) is 3.08. The first-order valence-electron chi connectivity index (χ1n) is 5.70. The predicted molar refractivity (Wildman–Crippen MR) is 76.0 cm³/mol. The van der Waals surface area contributed by atoms with Crippen molar-refractivity contribution in [3.05, 3.63) is 76.3 Å². The molecule has 0 aromatic heterocycles. The molecule has 2 rings (SSSR count). The number of carbonyl (C=O) groups is 1. The fourth-order valence-electron chi connectivity index (χ4n) is 1.68. The Kier molecular flexibility index (Phi) is 3.96. The zero-order valence-electron chi connectivity index (χ0n) is 10.1. The largest absolute Gasteiger partial charge is 0.289 e. The van der Waals surface area contributed by atoms with E-state index in [1.165, 1.54) is 0 Å². The molecule has 2 heteroatoms. The van der Waals surface area contributed by atoms with Crippen molar-refractivity contribution < 1.29 is 4.79 Å². The number of aryl methyl sites for hydroxylation is 1. The van der Waals surface area contributed by atoms with E-state index in [0.29, 0.717) is 5.02 Å². The zero-order valence-corrected chi connectivity index (χ0v) is 10.8. The summed E-state index contributed by atoms with van der Waals surface area (Å²) in [5.74, 6) is 0.0167. The van der Waals surface area contributed by atoms with Gasteiger partial charge in [-0.25, -0.2) is 0 Å². The lowest BCUT2D eigenvalue weighted by molar-refractivity contribution is 0.104. The molecule has 0 aliphatic carbocycles. The van der Waals surface area contributed by atoms with E-state index in [2.05, 4.69) is 0 Å². The van der Waals surface area contributed by atoms with Gasteiger partial charge in [-0.3, -0.25) is 4.79 Å². The van der Waals surface area contributed by atoms with Gasteiger partial charge in [0.05, 0.1) is 0 Å². The molecule has 0 unspecified atom stereocenters. The fraction of sp³-hybridized carbons (Fsp3) is 0.0625. The maximum absolute atomic E-state index is 12.0. The molecule has 2 aromatic carbocycles. The molecule has 0 bridgehead atoms. The van der Waals surface area contributed by atoms with Crippen LogP contribution in [0.5, 0.6) is 0 Å². The standard InChI is InChI=1S/C16H13ClO/c1-12-4-2-3-5-15(12)16(18)11-8-13-6-9-14(17)10-7-13/h2-11H,1H3/b11-8+. The van der Waals surface area contributed by atoms with Crippen LogP contribution in [0.3, 0.4) is 0 Å². The third-order valence-electron chi connectivity index (χ3n) is 2.71. The van der Waals surface area contributed by atoms with Gasteiger partial charge in [-0.15, -0.1) is 0 Å². The molecule has 0 saturated heterocycles. The average molecular weight is 257 g/mol. The monoisotopic (exact) mass is 256 g/mol. The van der Waals surface area contributed by atoms with Crippen LogP contribution in [0, 0.1) is 6.92 Å². The molecule has 0 spiro atoms. The van der Waals surface area contributed by atoms with Crippen LogP contribution < -0.4 is 0 Å². The summed E-state index contributed by atoms with van der Waals surface area (Å²) in [5, 5.41) is 0.692. The summed E-state index contributed by atoms with van der Waals surface area (Å²) >= 11 is 5.80. The minimum atomic E-state index is 0.0167. The second-order valence-corrected chi connectivity index (χ2v) is 4.50. The Bertz CT molecular complexity index is 582. The molecule has 0 atom stereocenters. The Morgan fingerprint density at radius 3 is 2.39 bits per heavy atom. The van der Waals surface area contributed by atoms with Crippen molar-refractivity contribution in [2.24, 2.45) is 0 Å². The van der Waals surface area contributed by atoms with Gasteiger partial charge in [-0.05, 0) is 36.3 Å². The molecule has 0 N–H and O–H groups in total. The third-order valence-corrected chi connectivity index (χ3v) is 2.96. The molecular formula is C16H13ClO. The van der Waals surface area contributed by atoms with Gasteiger partial charge in [0.15, 0.2) is 5.78 Å². The summed E-state index contributed by atoms with van der Waals surface area (Å²) in [7, 11) is 0. The maximum Gasteiger partial charge on any atom is 0.186 e. The molecule has 90 valence electrons. The number of benzene rings is 2. The van der Waals surface area contributed by atoms with Crippen molar-refractivity contribution in [3.8, 4) is 0 Å². The highest BCUT2D eigenvalue weighted by atomic mass is 35.5. The number of ketones is 1. The van der Waals surface area contributed by atoms with Crippen LogP contribution in [0.25, 0.3) is 6.08 Å². The van der Waals surface area contributed by atoms with Crippen molar-refractivity contribution in [2.45, 2.75) is 6.92 Å². The summed E-state index contributed by atoms with van der Waals surface area (Å²) in [6.45, 7) is 1.93. The van der Waals surface area contributed by atoms with Gasteiger partial charge < -0.3 is 0 Å². The second-order valence-electron chi connectivity index (χ2n) is 4.06. The smallest absolute Gasteiger partial charge is 0.186 e. The highest BCUT2D eigenvalue weighted by Crippen LogP contribution is 2.12. The van der Waals surface area contributed by atoms with Gasteiger partial charge in [0.25, 0.3) is 0 Å². The lowest BCUT2D eigenvalue weighted by Gasteiger charge is -2.00. The van der Waals surface area contributed by atoms with E-state index in [9.17, 15) is 4.79 Å². The van der Waals surface area contributed by atoms with Gasteiger partial charge in [0, 0.05) is 10.6 Å². The number of halogens is 1. The van der Waals surface area contributed by atoms with Gasteiger partial charge in [-0.2, -0.15) is 0 Å². The molecule has 0 amide bonds. The van der Waals surface area contributed by atoms with E-state index in [0.717, 1.165) is 16.7 Å². The van der Waals surface area contributed by atoms with Crippen molar-refractivity contribution in [2.75, 3.05) is 0 Å². The molecule has 0 heterocycles. The number of rotatable bonds is 3. The summed E-state index contributed by atoms with van der Waals surface area (Å²) < 4.78 is 0. The van der Waals surface area contributed by atoms with Crippen LogP contribution >= 0.6 is 11.6 Å². The lowest BCUT2D eigenvalue weighted by atomic mass is 10.0. The van der Waals surface area contributed by atoms with Crippen molar-refractivity contribution in [1.82, 2.24) is 0 Å². The van der Waals surface area contributed by atoms with Gasteiger partial charge >= 0.3 is 0 Å². The molecule has 18 heavy (non-hydrogen) atoms. The molecule has 0 saturated carbocycles. The number of carbonyl (C=O) groups excluding carboxylic acids is 1. The van der Waals surface area contributed by atoms with E-state index in [1.807, 2.05) is 43.3 Å². The second kappa shape index (κ2) is 5.65. The highest BCUT2D eigenvalue weighted by molar-refractivity contribution is 6.30. The van der Waals surface area contributed by atoms with Crippen LogP contribution in [0.4, 0.5) is 0 Å². The first-order valence-corrected chi connectivity index (χ1v) is 6.08. The predicted octanol–water partition coefficient (Wildman–Crippen LogP) is 4.54. The van der Waals surface area contributed by atoms with Gasteiger partial charge in [0.2, 0.25) is 0 Å². The minimum Gasteiger partial charge on any atom is -0.289 e. The summed E-state index contributed by atoms with van der Waals surface area (Å²) in [6.07, 6.45) is 3.39. The summed E-state index contributed by atoms with van der Waals surface area (Å²) in [4.78, 5) is 12.0. The first-order chi connectivity index (χ1) is 8.66. The SMILES string of the molecule is Cc1ccccc1C(=O)/C=C/c1ccc(Cl)cc1. The molecule has 0 aliphatic rings. The van der Waals surface area contributed by atoms with Crippen molar-refractivity contribution in [1.29, 1.82) is 0 Å². The maximum atomic E-state index is 12.0. The number of hydrogen-bond acceptors (Lipinski definition) is 1. The van der Waals surface area contributed by atoms with E-state index >= 15 is 0 Å². The van der Waals surface area contributed by atoms with E-state index in [-0.39, 0.29) is 5.78 Å². The van der Waals surface area contributed by atoms with Gasteiger partial charge in [0.1, 0.15) is 0 Å². The van der Waals surface area contributed by atoms with Crippen LogP contribution in [0.2, 0.25) is 5.02 Å². The molecule has 0 aliphatic heterocycles. The Morgan fingerprint density at radius 1 is 1.06 bits per heavy atom. The number of allylic oxidation sites excluding steroid dienone is 1. The topological polar surface area (TPSA) is 17.1 Å². The molecule has 0 fully saturated rings. The Labute approximate surface area is 112 Å². The molecule has 1 nitrogen and oxygen atoms in total. The lowest BCUT2D eigenvalue weighted by Crippen LogP contribution is -1.96. The summed E-state index contributed by atoms with van der Waals surface area (Å²) in [6, 6.07) is 14.9. The Hall–Kier alpha value is -1.86. The van der Waals surface area contributed by atoms with E-state index in [1.54, 1.807) is 24.3 Å². The fourth-order valence-corrected chi connectivity index (χ4v) is 1.81. The Balaban J connectivity index is 2.17. The average Bonchev–Trinajstić information content (AvgIpc) is 2.38. The first kappa shape index (κ1) is 12.6. The van der Waals surface area contributed by atoms with E-state index < -0.39 is 0 Å².